The first kappa shape index (κ1) is 14.8. The lowest BCUT2D eigenvalue weighted by atomic mass is 10.1. The van der Waals surface area contributed by atoms with E-state index in [1.54, 1.807) is 0 Å². The number of pyridine rings is 1. The Labute approximate surface area is 122 Å². The van der Waals surface area contributed by atoms with E-state index in [1.165, 1.54) is 43.1 Å². The quantitative estimate of drug-likeness (QED) is 0.689. The Morgan fingerprint density at radius 1 is 1.15 bits per heavy atom. The molecule has 1 aromatic carbocycles. The van der Waals surface area contributed by atoms with Crippen LogP contribution in [0.4, 0.5) is 5.82 Å². The number of unbranched alkanes of at least 4 members (excludes halogenated alkanes) is 3. The molecular weight excluding hydrogens is 244 g/mol. The Hall–Kier alpha value is -1.57. The van der Waals surface area contributed by atoms with E-state index in [4.69, 9.17) is 4.98 Å². The molecule has 20 heavy (non-hydrogen) atoms. The number of aromatic nitrogens is 1. The minimum atomic E-state index is 0.485. The van der Waals surface area contributed by atoms with E-state index in [9.17, 15) is 0 Å². The molecule has 2 aromatic rings. The standard InChI is InChI=1S/C18H26N2/c1-4-5-6-7-10-15(3)19-18-14(2)13-16-11-8-9-12-17(16)20-18/h8-9,11-13,15H,4-7,10H2,1-3H3,(H,19,20). The molecule has 0 saturated heterocycles. The predicted octanol–water partition coefficient (Wildman–Crippen LogP) is 5.31. The molecule has 2 nitrogen and oxygen atoms in total. The summed E-state index contributed by atoms with van der Waals surface area (Å²) in [6.45, 7) is 6.64. The third-order valence-corrected chi connectivity index (χ3v) is 3.79. The Balaban J connectivity index is 1.99. The Kier molecular flexibility index (Phi) is 5.40. The normalized spacial score (nSPS) is 12.6. The average Bonchev–Trinajstić information content (AvgIpc) is 2.44. The van der Waals surface area contributed by atoms with Gasteiger partial charge in [-0.25, -0.2) is 4.98 Å². The van der Waals surface area contributed by atoms with Crippen LogP contribution in [0.1, 0.15) is 51.5 Å². The number of hydrogen-bond donors (Lipinski definition) is 1. The molecule has 0 aliphatic rings. The number of fused-ring (bicyclic) bond motifs is 1. The second-order valence-corrected chi connectivity index (χ2v) is 5.74. The second kappa shape index (κ2) is 7.28. The lowest BCUT2D eigenvalue weighted by Gasteiger charge is -2.16. The summed E-state index contributed by atoms with van der Waals surface area (Å²) in [5.41, 5.74) is 2.29. The van der Waals surface area contributed by atoms with Gasteiger partial charge in [-0.1, -0.05) is 50.8 Å². The molecule has 0 aliphatic carbocycles. The van der Waals surface area contributed by atoms with Crippen LogP contribution in [0.3, 0.4) is 0 Å². The summed E-state index contributed by atoms with van der Waals surface area (Å²) >= 11 is 0. The number of anilines is 1. The van der Waals surface area contributed by atoms with Crippen molar-refractivity contribution in [3.63, 3.8) is 0 Å². The van der Waals surface area contributed by atoms with E-state index in [2.05, 4.69) is 50.4 Å². The van der Waals surface area contributed by atoms with Gasteiger partial charge in [0.05, 0.1) is 5.52 Å². The van der Waals surface area contributed by atoms with Crippen molar-refractivity contribution in [2.45, 2.75) is 58.9 Å². The number of nitrogens with one attached hydrogen (secondary N) is 1. The Morgan fingerprint density at radius 2 is 1.95 bits per heavy atom. The Bertz CT molecular complexity index is 548. The SMILES string of the molecule is CCCCCCC(C)Nc1nc2ccccc2cc1C. The third kappa shape index (κ3) is 3.96. The first-order chi connectivity index (χ1) is 9.70. The van der Waals surface area contributed by atoms with Crippen molar-refractivity contribution in [3.05, 3.63) is 35.9 Å². The van der Waals surface area contributed by atoms with Crippen molar-refractivity contribution >= 4 is 16.7 Å². The summed E-state index contributed by atoms with van der Waals surface area (Å²) in [5, 5.41) is 4.78. The lowest BCUT2D eigenvalue weighted by molar-refractivity contribution is 0.593. The van der Waals surface area contributed by atoms with Crippen molar-refractivity contribution in [1.29, 1.82) is 0 Å². The van der Waals surface area contributed by atoms with Gasteiger partial charge in [0, 0.05) is 11.4 Å². The van der Waals surface area contributed by atoms with Crippen LogP contribution in [0.5, 0.6) is 0 Å². The maximum absolute atomic E-state index is 4.75. The average molecular weight is 270 g/mol. The summed E-state index contributed by atoms with van der Waals surface area (Å²) in [4.78, 5) is 4.75. The monoisotopic (exact) mass is 270 g/mol. The number of hydrogen-bond acceptors (Lipinski definition) is 2. The minimum Gasteiger partial charge on any atom is -0.367 e. The van der Waals surface area contributed by atoms with E-state index in [1.807, 2.05) is 6.07 Å². The molecule has 0 spiro atoms. The van der Waals surface area contributed by atoms with Crippen molar-refractivity contribution in [3.8, 4) is 0 Å². The van der Waals surface area contributed by atoms with E-state index in [0.29, 0.717) is 6.04 Å². The fourth-order valence-electron chi connectivity index (χ4n) is 2.55. The van der Waals surface area contributed by atoms with E-state index in [-0.39, 0.29) is 0 Å². The van der Waals surface area contributed by atoms with Crippen molar-refractivity contribution < 1.29 is 0 Å². The highest BCUT2D eigenvalue weighted by atomic mass is 15.0. The van der Waals surface area contributed by atoms with Crippen LogP contribution in [-0.2, 0) is 0 Å². The van der Waals surface area contributed by atoms with Gasteiger partial charge in [0.15, 0.2) is 0 Å². The number of aryl methyl sites for hydroxylation is 1. The van der Waals surface area contributed by atoms with Crippen molar-refractivity contribution in [2.24, 2.45) is 0 Å². The van der Waals surface area contributed by atoms with E-state index >= 15 is 0 Å². The van der Waals surface area contributed by atoms with Crippen LogP contribution in [0.2, 0.25) is 0 Å². The van der Waals surface area contributed by atoms with Gasteiger partial charge >= 0.3 is 0 Å². The van der Waals surface area contributed by atoms with Crippen LogP contribution >= 0.6 is 0 Å². The van der Waals surface area contributed by atoms with Crippen LogP contribution in [0, 0.1) is 6.92 Å². The molecule has 108 valence electrons. The van der Waals surface area contributed by atoms with Gasteiger partial charge in [0.2, 0.25) is 0 Å². The van der Waals surface area contributed by atoms with Crippen LogP contribution in [-0.4, -0.2) is 11.0 Å². The molecule has 1 atom stereocenters. The molecule has 0 saturated carbocycles. The fraction of sp³-hybridized carbons (Fsp3) is 0.500. The van der Waals surface area contributed by atoms with Crippen LogP contribution in [0.15, 0.2) is 30.3 Å². The molecule has 1 heterocycles. The predicted molar refractivity (Wildman–Crippen MR) is 88.3 cm³/mol. The summed E-state index contributed by atoms with van der Waals surface area (Å²) in [5.74, 6) is 1.03. The smallest absolute Gasteiger partial charge is 0.129 e. The molecule has 0 radical (unpaired) electrons. The molecule has 1 aromatic heterocycles. The maximum atomic E-state index is 4.75. The summed E-state index contributed by atoms with van der Waals surface area (Å²) in [7, 11) is 0. The third-order valence-electron chi connectivity index (χ3n) is 3.79. The molecule has 0 amide bonds. The first-order valence-corrected chi connectivity index (χ1v) is 7.83. The highest BCUT2D eigenvalue weighted by Gasteiger charge is 2.07. The van der Waals surface area contributed by atoms with Gasteiger partial charge in [-0.05, 0) is 38.0 Å². The van der Waals surface area contributed by atoms with Gasteiger partial charge < -0.3 is 5.32 Å². The summed E-state index contributed by atoms with van der Waals surface area (Å²) in [6.07, 6.45) is 6.50. The van der Waals surface area contributed by atoms with Gasteiger partial charge in [-0.2, -0.15) is 0 Å². The van der Waals surface area contributed by atoms with Crippen molar-refractivity contribution in [1.82, 2.24) is 4.98 Å². The molecule has 2 rings (SSSR count). The number of para-hydroxylation sites is 1. The van der Waals surface area contributed by atoms with Crippen molar-refractivity contribution in [2.75, 3.05) is 5.32 Å². The zero-order chi connectivity index (χ0) is 14.4. The summed E-state index contributed by atoms with van der Waals surface area (Å²) in [6, 6.07) is 11.0. The van der Waals surface area contributed by atoms with Gasteiger partial charge in [0.25, 0.3) is 0 Å². The molecular formula is C18H26N2. The van der Waals surface area contributed by atoms with Crippen LogP contribution < -0.4 is 5.32 Å². The first-order valence-electron chi connectivity index (χ1n) is 7.83. The topological polar surface area (TPSA) is 24.9 Å². The summed E-state index contributed by atoms with van der Waals surface area (Å²) < 4.78 is 0. The van der Waals surface area contributed by atoms with Gasteiger partial charge in [-0.15, -0.1) is 0 Å². The van der Waals surface area contributed by atoms with E-state index in [0.717, 1.165) is 11.3 Å². The van der Waals surface area contributed by atoms with Crippen LogP contribution in [0.25, 0.3) is 10.9 Å². The Morgan fingerprint density at radius 3 is 2.75 bits per heavy atom. The molecule has 0 aliphatic heterocycles. The second-order valence-electron chi connectivity index (χ2n) is 5.74. The van der Waals surface area contributed by atoms with Gasteiger partial charge in [0.1, 0.15) is 5.82 Å². The fourth-order valence-corrected chi connectivity index (χ4v) is 2.55. The zero-order valence-electron chi connectivity index (χ0n) is 12.9. The zero-order valence-corrected chi connectivity index (χ0v) is 12.9. The number of rotatable bonds is 7. The minimum absolute atomic E-state index is 0.485. The lowest BCUT2D eigenvalue weighted by Crippen LogP contribution is -2.16. The van der Waals surface area contributed by atoms with Gasteiger partial charge in [-0.3, -0.25) is 0 Å². The van der Waals surface area contributed by atoms with E-state index < -0.39 is 0 Å². The molecule has 2 heteroatoms. The molecule has 0 bridgehead atoms. The number of nitrogens with zero attached hydrogens (tertiary/aromatic N) is 1. The molecule has 1 unspecified atom stereocenters. The maximum Gasteiger partial charge on any atom is 0.129 e. The molecule has 0 fully saturated rings. The highest BCUT2D eigenvalue weighted by molar-refractivity contribution is 5.81. The molecule has 1 N–H and O–H groups in total. The highest BCUT2D eigenvalue weighted by Crippen LogP contribution is 2.21. The number of benzene rings is 1. The largest absolute Gasteiger partial charge is 0.367 e.